The smallest absolute Gasteiger partial charge is 0.291 e. The number of pyridine rings is 1. The summed E-state index contributed by atoms with van der Waals surface area (Å²) in [5.41, 5.74) is 5.96. The van der Waals surface area contributed by atoms with Crippen LogP contribution in [0.15, 0.2) is 77.5 Å². The molecule has 1 amide bonds. The topological polar surface area (TPSA) is 90.3 Å². The molecule has 1 fully saturated rings. The van der Waals surface area contributed by atoms with Crippen LogP contribution >= 0.6 is 11.6 Å². The number of aromatic nitrogens is 3. The van der Waals surface area contributed by atoms with Gasteiger partial charge in [-0.2, -0.15) is 0 Å². The Labute approximate surface area is 218 Å². The number of anilines is 2. The number of rotatable bonds is 5. The molecule has 9 heteroatoms. The van der Waals surface area contributed by atoms with E-state index in [2.05, 4.69) is 61.4 Å². The van der Waals surface area contributed by atoms with Crippen LogP contribution in [0.2, 0.25) is 5.02 Å². The second-order valence-electron chi connectivity index (χ2n) is 9.14. The molecule has 0 unspecified atom stereocenters. The Hall–Kier alpha value is -4.14. The number of imidazole rings is 1. The Morgan fingerprint density at radius 1 is 1.03 bits per heavy atom. The normalized spacial score (nSPS) is 14.3. The van der Waals surface area contributed by atoms with Crippen LogP contribution in [-0.2, 0) is 0 Å². The van der Waals surface area contributed by atoms with Gasteiger partial charge in [0.05, 0.1) is 16.8 Å². The van der Waals surface area contributed by atoms with E-state index in [1.807, 2.05) is 12.3 Å². The molecule has 0 saturated carbocycles. The number of likely N-dealkylation sites (N-methyl/N-ethyl adjacent to an activating group) is 1. The van der Waals surface area contributed by atoms with Crippen molar-refractivity contribution in [2.75, 3.05) is 43.4 Å². The van der Waals surface area contributed by atoms with E-state index in [0.717, 1.165) is 42.8 Å². The third-order valence-corrected chi connectivity index (χ3v) is 6.96. The molecule has 6 rings (SSSR count). The number of furan rings is 1. The van der Waals surface area contributed by atoms with Gasteiger partial charge in [-0.05, 0) is 61.1 Å². The fraction of sp³-hybridized carbons (Fsp3) is 0.179. The summed E-state index contributed by atoms with van der Waals surface area (Å²) in [5.74, 6) is 0.463. The fourth-order valence-electron chi connectivity index (χ4n) is 4.50. The number of carbonyl (C=O) groups excluding carboxylic acids is 1. The third-order valence-electron chi connectivity index (χ3n) is 6.63. The number of nitrogens with one attached hydrogen (secondary N) is 2. The molecule has 1 saturated heterocycles. The lowest BCUT2D eigenvalue weighted by Crippen LogP contribution is -2.44. The zero-order valence-corrected chi connectivity index (χ0v) is 21.0. The van der Waals surface area contributed by atoms with E-state index in [4.69, 9.17) is 16.0 Å². The number of piperazine rings is 1. The molecule has 37 heavy (non-hydrogen) atoms. The summed E-state index contributed by atoms with van der Waals surface area (Å²) in [6, 6.07) is 19.2. The van der Waals surface area contributed by atoms with Gasteiger partial charge in [0.1, 0.15) is 5.82 Å². The lowest BCUT2D eigenvalue weighted by atomic mass is 10.1. The van der Waals surface area contributed by atoms with Gasteiger partial charge in [-0.25, -0.2) is 9.97 Å². The maximum atomic E-state index is 12.4. The summed E-state index contributed by atoms with van der Waals surface area (Å²) in [7, 11) is 2.16. The zero-order chi connectivity index (χ0) is 25.4. The van der Waals surface area contributed by atoms with E-state index in [1.165, 1.54) is 12.0 Å². The molecule has 2 aromatic carbocycles. The number of halogens is 1. The van der Waals surface area contributed by atoms with E-state index in [9.17, 15) is 4.79 Å². The highest BCUT2D eigenvalue weighted by atomic mass is 35.5. The molecule has 0 atom stereocenters. The van der Waals surface area contributed by atoms with Crippen molar-refractivity contribution >= 4 is 40.0 Å². The van der Waals surface area contributed by atoms with E-state index in [-0.39, 0.29) is 11.7 Å². The van der Waals surface area contributed by atoms with Gasteiger partial charge in [-0.3, -0.25) is 4.79 Å². The molecule has 0 bridgehead atoms. The van der Waals surface area contributed by atoms with E-state index < -0.39 is 0 Å². The van der Waals surface area contributed by atoms with Crippen molar-refractivity contribution in [3.63, 3.8) is 0 Å². The maximum absolute atomic E-state index is 12.4. The summed E-state index contributed by atoms with van der Waals surface area (Å²) in [6.07, 6.45) is 3.29. The SMILES string of the molecule is CN1CCN(c2ccc(-c3cnc4nc(-c5cc(NC(=O)c6ccco6)ccc5Cl)[nH]c4c3)cc2)CC1. The molecule has 0 aliphatic carbocycles. The lowest BCUT2D eigenvalue weighted by molar-refractivity contribution is 0.0996. The monoisotopic (exact) mass is 512 g/mol. The first-order chi connectivity index (χ1) is 18.0. The quantitative estimate of drug-likeness (QED) is 0.321. The van der Waals surface area contributed by atoms with Gasteiger partial charge in [-0.15, -0.1) is 0 Å². The average molecular weight is 513 g/mol. The van der Waals surface area contributed by atoms with Crippen molar-refractivity contribution in [1.82, 2.24) is 19.9 Å². The summed E-state index contributed by atoms with van der Waals surface area (Å²) in [5, 5.41) is 3.33. The van der Waals surface area contributed by atoms with Crippen LogP contribution in [0.1, 0.15) is 10.6 Å². The van der Waals surface area contributed by atoms with Crippen LogP contribution in [-0.4, -0.2) is 59.0 Å². The summed E-state index contributed by atoms with van der Waals surface area (Å²) < 4.78 is 5.17. The Kier molecular flexibility index (Phi) is 6.12. The van der Waals surface area contributed by atoms with Gasteiger partial charge in [-0.1, -0.05) is 23.7 Å². The highest BCUT2D eigenvalue weighted by Gasteiger charge is 2.16. The largest absolute Gasteiger partial charge is 0.459 e. The maximum Gasteiger partial charge on any atom is 0.291 e. The first kappa shape index (κ1) is 23.3. The number of carbonyl (C=O) groups is 1. The first-order valence-corrected chi connectivity index (χ1v) is 12.5. The Morgan fingerprint density at radius 2 is 1.84 bits per heavy atom. The van der Waals surface area contributed by atoms with Gasteiger partial charge in [0.15, 0.2) is 11.4 Å². The van der Waals surface area contributed by atoms with Crippen LogP contribution in [0.25, 0.3) is 33.7 Å². The number of aromatic amines is 1. The zero-order valence-electron chi connectivity index (χ0n) is 20.2. The van der Waals surface area contributed by atoms with Crippen LogP contribution in [0.5, 0.6) is 0 Å². The average Bonchev–Trinajstić information content (AvgIpc) is 3.60. The second-order valence-corrected chi connectivity index (χ2v) is 9.55. The van der Waals surface area contributed by atoms with Crippen molar-refractivity contribution in [2.45, 2.75) is 0 Å². The summed E-state index contributed by atoms with van der Waals surface area (Å²) in [4.78, 5) is 29.7. The molecular weight excluding hydrogens is 488 g/mol. The van der Waals surface area contributed by atoms with Gasteiger partial charge in [0.2, 0.25) is 0 Å². The minimum atomic E-state index is -0.340. The van der Waals surface area contributed by atoms with Gasteiger partial charge < -0.3 is 24.5 Å². The third kappa shape index (κ3) is 4.81. The molecule has 1 aliphatic rings. The fourth-order valence-corrected chi connectivity index (χ4v) is 4.71. The molecule has 8 nitrogen and oxygen atoms in total. The van der Waals surface area contributed by atoms with E-state index in [1.54, 1.807) is 30.3 Å². The van der Waals surface area contributed by atoms with Crippen molar-refractivity contribution in [2.24, 2.45) is 0 Å². The van der Waals surface area contributed by atoms with Crippen molar-refractivity contribution in [3.8, 4) is 22.5 Å². The second kappa shape index (κ2) is 9.72. The van der Waals surface area contributed by atoms with Crippen molar-refractivity contribution in [3.05, 3.63) is 83.9 Å². The van der Waals surface area contributed by atoms with Crippen molar-refractivity contribution < 1.29 is 9.21 Å². The number of amides is 1. The highest BCUT2D eigenvalue weighted by molar-refractivity contribution is 6.33. The first-order valence-electron chi connectivity index (χ1n) is 12.1. The number of nitrogens with zero attached hydrogens (tertiary/aromatic N) is 4. The summed E-state index contributed by atoms with van der Waals surface area (Å²) >= 11 is 6.49. The molecule has 186 valence electrons. The molecule has 5 aromatic rings. The molecule has 2 N–H and O–H groups in total. The number of benzene rings is 2. The molecule has 0 spiro atoms. The minimum absolute atomic E-state index is 0.230. The number of fused-ring (bicyclic) bond motifs is 1. The molecule has 1 aliphatic heterocycles. The van der Waals surface area contributed by atoms with Crippen molar-refractivity contribution in [1.29, 1.82) is 0 Å². The van der Waals surface area contributed by atoms with Gasteiger partial charge in [0, 0.05) is 54.9 Å². The lowest BCUT2D eigenvalue weighted by Gasteiger charge is -2.34. The Bertz CT molecular complexity index is 1550. The molecule has 0 radical (unpaired) electrons. The number of hydrogen-bond acceptors (Lipinski definition) is 6. The standard InChI is InChI=1S/C28H25ClN6O2/c1-34-10-12-35(13-11-34)21-7-4-18(5-8-21)19-15-24-27(30-17-19)33-26(32-24)22-16-20(6-9-23(22)29)31-28(36)25-3-2-14-37-25/h2-9,14-17H,10-13H2,1H3,(H,31,36)(H,30,32,33). The Morgan fingerprint density at radius 3 is 2.59 bits per heavy atom. The van der Waals surface area contributed by atoms with Crippen LogP contribution < -0.4 is 10.2 Å². The van der Waals surface area contributed by atoms with Crippen LogP contribution in [0.4, 0.5) is 11.4 Å². The van der Waals surface area contributed by atoms with Crippen LogP contribution in [0, 0.1) is 0 Å². The molecular formula is C28H25ClN6O2. The van der Waals surface area contributed by atoms with Gasteiger partial charge in [0.25, 0.3) is 5.91 Å². The predicted octanol–water partition coefficient (Wildman–Crippen LogP) is 5.54. The predicted molar refractivity (Wildman–Crippen MR) is 146 cm³/mol. The molecule has 3 aromatic heterocycles. The molecule has 4 heterocycles. The summed E-state index contributed by atoms with van der Waals surface area (Å²) in [6.45, 7) is 4.23. The highest BCUT2D eigenvalue weighted by Crippen LogP contribution is 2.31. The van der Waals surface area contributed by atoms with E-state index >= 15 is 0 Å². The minimum Gasteiger partial charge on any atom is -0.459 e. The van der Waals surface area contributed by atoms with Crippen LogP contribution in [0.3, 0.4) is 0 Å². The Balaban J connectivity index is 1.24. The number of H-pyrrole nitrogens is 1. The van der Waals surface area contributed by atoms with Gasteiger partial charge >= 0.3 is 0 Å². The number of hydrogen-bond donors (Lipinski definition) is 2. The van der Waals surface area contributed by atoms with E-state index in [0.29, 0.717) is 27.7 Å².